The first kappa shape index (κ1) is 13.6. The standard InChI is InChI=1S/C14H11Br2FO/c15-8-11-7-13(5-6-14(11)16)18-9-10-1-3-12(17)4-2-10/h1-7H,8-9H2. The molecule has 0 atom stereocenters. The molecule has 2 aromatic carbocycles. The highest BCUT2D eigenvalue weighted by Gasteiger charge is 2.02. The number of ether oxygens (including phenoxy) is 1. The third-order valence-corrected chi connectivity index (χ3v) is 3.86. The summed E-state index contributed by atoms with van der Waals surface area (Å²) in [5.74, 6) is 0.570. The molecule has 18 heavy (non-hydrogen) atoms. The Hall–Kier alpha value is -0.870. The van der Waals surface area contributed by atoms with Gasteiger partial charge in [-0.25, -0.2) is 4.39 Å². The van der Waals surface area contributed by atoms with Crippen molar-refractivity contribution >= 4 is 31.9 Å². The van der Waals surface area contributed by atoms with Crippen LogP contribution in [0.15, 0.2) is 46.9 Å². The predicted octanol–water partition coefficient (Wildman–Crippen LogP) is 5.06. The molecule has 0 saturated carbocycles. The summed E-state index contributed by atoms with van der Waals surface area (Å²) in [5, 5.41) is 0.765. The van der Waals surface area contributed by atoms with Crippen molar-refractivity contribution in [1.82, 2.24) is 0 Å². The maximum absolute atomic E-state index is 12.7. The average molecular weight is 374 g/mol. The van der Waals surface area contributed by atoms with Gasteiger partial charge >= 0.3 is 0 Å². The number of rotatable bonds is 4. The van der Waals surface area contributed by atoms with Crippen LogP contribution in [0.1, 0.15) is 11.1 Å². The number of hydrogen-bond donors (Lipinski definition) is 0. The molecule has 0 saturated heterocycles. The lowest BCUT2D eigenvalue weighted by Crippen LogP contribution is -1.96. The summed E-state index contributed by atoms with van der Waals surface area (Å²) < 4.78 is 19.5. The van der Waals surface area contributed by atoms with E-state index in [1.807, 2.05) is 18.2 Å². The van der Waals surface area contributed by atoms with Crippen molar-refractivity contribution < 1.29 is 9.13 Å². The summed E-state index contributed by atoms with van der Waals surface area (Å²) in [6.07, 6.45) is 0. The van der Waals surface area contributed by atoms with Crippen molar-refractivity contribution in [3.8, 4) is 5.75 Å². The van der Waals surface area contributed by atoms with Crippen molar-refractivity contribution in [2.75, 3.05) is 0 Å². The molecule has 2 rings (SSSR count). The van der Waals surface area contributed by atoms with Crippen molar-refractivity contribution in [1.29, 1.82) is 0 Å². The van der Waals surface area contributed by atoms with Crippen molar-refractivity contribution in [3.63, 3.8) is 0 Å². The van der Waals surface area contributed by atoms with E-state index in [0.29, 0.717) is 6.61 Å². The Labute approximate surface area is 122 Å². The normalized spacial score (nSPS) is 10.4. The molecule has 0 amide bonds. The molecule has 0 spiro atoms. The molecule has 0 heterocycles. The van der Waals surface area contributed by atoms with E-state index in [0.717, 1.165) is 26.7 Å². The predicted molar refractivity (Wildman–Crippen MR) is 77.5 cm³/mol. The number of alkyl halides is 1. The molecule has 1 nitrogen and oxygen atoms in total. The van der Waals surface area contributed by atoms with Gasteiger partial charge < -0.3 is 4.74 Å². The summed E-state index contributed by atoms with van der Waals surface area (Å²) >= 11 is 6.89. The van der Waals surface area contributed by atoms with Crippen LogP contribution in [0.4, 0.5) is 4.39 Å². The molecule has 0 bridgehead atoms. The van der Waals surface area contributed by atoms with E-state index in [9.17, 15) is 4.39 Å². The van der Waals surface area contributed by atoms with Gasteiger partial charge in [0.15, 0.2) is 0 Å². The summed E-state index contributed by atoms with van der Waals surface area (Å²) in [5.41, 5.74) is 2.08. The first-order chi connectivity index (χ1) is 8.69. The molecule has 0 aliphatic heterocycles. The van der Waals surface area contributed by atoms with Gasteiger partial charge in [-0.05, 0) is 41.5 Å². The van der Waals surface area contributed by atoms with Gasteiger partial charge in [0.25, 0.3) is 0 Å². The zero-order valence-corrected chi connectivity index (χ0v) is 12.7. The van der Waals surface area contributed by atoms with Gasteiger partial charge in [0, 0.05) is 9.80 Å². The molecule has 0 aliphatic carbocycles. The van der Waals surface area contributed by atoms with Gasteiger partial charge in [0.05, 0.1) is 0 Å². The minimum absolute atomic E-state index is 0.232. The SMILES string of the molecule is Fc1ccc(COc2ccc(Br)c(CBr)c2)cc1. The lowest BCUT2D eigenvalue weighted by molar-refractivity contribution is 0.306. The molecular weight excluding hydrogens is 363 g/mol. The molecule has 0 radical (unpaired) electrons. The number of benzene rings is 2. The minimum Gasteiger partial charge on any atom is -0.489 e. The fraction of sp³-hybridized carbons (Fsp3) is 0.143. The van der Waals surface area contributed by atoms with Gasteiger partial charge in [0.1, 0.15) is 18.2 Å². The third-order valence-electron chi connectivity index (χ3n) is 2.48. The Morgan fingerprint density at radius 1 is 1.06 bits per heavy atom. The fourth-order valence-corrected chi connectivity index (χ4v) is 2.72. The van der Waals surface area contributed by atoms with Crippen molar-refractivity contribution in [2.24, 2.45) is 0 Å². The van der Waals surface area contributed by atoms with Gasteiger partial charge in [-0.2, -0.15) is 0 Å². The molecule has 0 aliphatic rings. The average Bonchev–Trinajstić information content (AvgIpc) is 2.39. The molecule has 4 heteroatoms. The minimum atomic E-state index is -0.232. The van der Waals surface area contributed by atoms with E-state index in [1.165, 1.54) is 12.1 Å². The van der Waals surface area contributed by atoms with Crippen LogP contribution in [-0.4, -0.2) is 0 Å². The maximum Gasteiger partial charge on any atom is 0.123 e. The summed E-state index contributed by atoms with van der Waals surface area (Å²) in [6.45, 7) is 0.434. The van der Waals surface area contributed by atoms with Gasteiger partial charge in [-0.15, -0.1) is 0 Å². The second kappa shape index (κ2) is 6.34. The highest BCUT2D eigenvalue weighted by Crippen LogP contribution is 2.25. The maximum atomic E-state index is 12.7. The monoisotopic (exact) mass is 372 g/mol. The Kier molecular flexibility index (Phi) is 4.78. The van der Waals surface area contributed by atoms with E-state index in [1.54, 1.807) is 12.1 Å². The summed E-state index contributed by atoms with van der Waals surface area (Å²) in [6, 6.07) is 12.1. The van der Waals surface area contributed by atoms with E-state index in [-0.39, 0.29) is 5.82 Å². The van der Waals surface area contributed by atoms with E-state index < -0.39 is 0 Å². The van der Waals surface area contributed by atoms with Crippen LogP contribution < -0.4 is 4.74 Å². The Bertz CT molecular complexity index is 526. The lowest BCUT2D eigenvalue weighted by atomic mass is 10.2. The zero-order chi connectivity index (χ0) is 13.0. The Balaban J connectivity index is 2.04. The molecule has 0 unspecified atom stereocenters. The summed E-state index contributed by atoms with van der Waals surface area (Å²) in [7, 11) is 0. The topological polar surface area (TPSA) is 9.23 Å². The number of hydrogen-bond acceptors (Lipinski definition) is 1. The van der Waals surface area contributed by atoms with Crippen LogP contribution in [0.2, 0.25) is 0 Å². The molecule has 0 aromatic heterocycles. The van der Waals surface area contributed by atoms with E-state index in [2.05, 4.69) is 31.9 Å². The Morgan fingerprint density at radius 2 is 1.78 bits per heavy atom. The van der Waals surface area contributed by atoms with Crippen LogP contribution >= 0.6 is 31.9 Å². The smallest absolute Gasteiger partial charge is 0.123 e. The van der Waals surface area contributed by atoms with E-state index >= 15 is 0 Å². The molecule has 0 N–H and O–H groups in total. The molecule has 2 aromatic rings. The van der Waals surface area contributed by atoms with Gasteiger partial charge in [0.2, 0.25) is 0 Å². The van der Waals surface area contributed by atoms with Gasteiger partial charge in [-0.1, -0.05) is 44.0 Å². The van der Waals surface area contributed by atoms with Crippen LogP contribution in [-0.2, 0) is 11.9 Å². The van der Waals surface area contributed by atoms with Crippen LogP contribution in [0.3, 0.4) is 0 Å². The van der Waals surface area contributed by atoms with Crippen LogP contribution in [0.25, 0.3) is 0 Å². The zero-order valence-electron chi connectivity index (χ0n) is 9.50. The first-order valence-corrected chi connectivity index (χ1v) is 7.32. The van der Waals surface area contributed by atoms with Crippen LogP contribution in [0, 0.1) is 5.82 Å². The highest BCUT2D eigenvalue weighted by molar-refractivity contribution is 9.10. The first-order valence-electron chi connectivity index (χ1n) is 5.40. The second-order valence-corrected chi connectivity index (χ2v) is 5.22. The fourth-order valence-electron chi connectivity index (χ4n) is 1.49. The quantitative estimate of drug-likeness (QED) is 0.680. The Morgan fingerprint density at radius 3 is 2.44 bits per heavy atom. The largest absolute Gasteiger partial charge is 0.489 e. The van der Waals surface area contributed by atoms with Crippen LogP contribution in [0.5, 0.6) is 5.75 Å². The number of halogens is 3. The van der Waals surface area contributed by atoms with Gasteiger partial charge in [-0.3, -0.25) is 0 Å². The second-order valence-electron chi connectivity index (χ2n) is 3.80. The van der Waals surface area contributed by atoms with Crippen molar-refractivity contribution in [2.45, 2.75) is 11.9 Å². The van der Waals surface area contributed by atoms with Crippen molar-refractivity contribution in [3.05, 3.63) is 63.9 Å². The van der Waals surface area contributed by atoms with E-state index in [4.69, 9.17) is 4.74 Å². The summed E-state index contributed by atoms with van der Waals surface area (Å²) in [4.78, 5) is 0. The third kappa shape index (κ3) is 3.56. The molecular formula is C14H11Br2FO. The lowest BCUT2D eigenvalue weighted by Gasteiger charge is -2.08. The molecule has 94 valence electrons. The highest BCUT2D eigenvalue weighted by atomic mass is 79.9. The molecule has 0 fully saturated rings.